The second kappa shape index (κ2) is 3.81. The molecule has 0 aliphatic carbocycles. The van der Waals surface area contributed by atoms with Gasteiger partial charge in [-0.2, -0.15) is 5.26 Å². The number of carbonyl (C=O) groups is 1. The van der Waals surface area contributed by atoms with Crippen LogP contribution in [0.25, 0.3) is 0 Å². The summed E-state index contributed by atoms with van der Waals surface area (Å²) in [5.41, 5.74) is 0. The van der Waals surface area contributed by atoms with Gasteiger partial charge in [0.1, 0.15) is 10.9 Å². The maximum Gasteiger partial charge on any atom is 0.263 e. The van der Waals surface area contributed by atoms with E-state index in [1.165, 1.54) is 11.3 Å². The molecular weight excluding hydrogens is 196 g/mol. The van der Waals surface area contributed by atoms with Gasteiger partial charge in [0.05, 0.1) is 4.88 Å². The lowest BCUT2D eigenvalue weighted by atomic mass is 10.4. The Bertz CT molecular complexity index is 385. The number of nitriles is 1. The zero-order valence-electron chi connectivity index (χ0n) is 7.69. The van der Waals surface area contributed by atoms with Crippen LogP contribution in [0.5, 0.6) is 0 Å². The maximum atomic E-state index is 11.8. The molecule has 1 amide bonds. The third-order valence-corrected chi connectivity index (χ3v) is 3.30. The fraction of sp³-hybridized carbons (Fsp3) is 0.400. The lowest BCUT2D eigenvalue weighted by molar-refractivity contribution is 0.0797. The summed E-state index contributed by atoms with van der Waals surface area (Å²) >= 11 is 1.28. The fourth-order valence-corrected chi connectivity index (χ4v) is 2.36. The van der Waals surface area contributed by atoms with Gasteiger partial charge in [0.15, 0.2) is 0 Å². The molecule has 0 N–H and O–H groups in total. The zero-order valence-corrected chi connectivity index (χ0v) is 8.51. The molecule has 72 valence electrons. The Hall–Kier alpha value is -1.34. The van der Waals surface area contributed by atoms with E-state index in [0.29, 0.717) is 9.75 Å². The summed E-state index contributed by atoms with van der Waals surface area (Å²) in [6.07, 6.45) is 2.20. The molecule has 0 bridgehead atoms. The van der Waals surface area contributed by atoms with Gasteiger partial charge in [0.25, 0.3) is 5.91 Å². The lowest BCUT2D eigenvalue weighted by Crippen LogP contribution is -2.26. The molecule has 1 fully saturated rings. The van der Waals surface area contributed by atoms with Crippen molar-refractivity contribution >= 4 is 17.2 Å². The molecule has 3 nitrogen and oxygen atoms in total. The van der Waals surface area contributed by atoms with Gasteiger partial charge in [-0.3, -0.25) is 4.79 Å². The third kappa shape index (κ3) is 1.64. The highest BCUT2D eigenvalue weighted by Crippen LogP contribution is 2.19. The minimum atomic E-state index is 0.0778. The largest absolute Gasteiger partial charge is 0.338 e. The van der Waals surface area contributed by atoms with E-state index in [1.54, 1.807) is 12.1 Å². The summed E-state index contributed by atoms with van der Waals surface area (Å²) < 4.78 is 0. The number of rotatable bonds is 1. The van der Waals surface area contributed by atoms with E-state index in [9.17, 15) is 4.79 Å². The predicted molar refractivity (Wildman–Crippen MR) is 54.2 cm³/mol. The topological polar surface area (TPSA) is 44.1 Å². The summed E-state index contributed by atoms with van der Waals surface area (Å²) in [5.74, 6) is 0.0778. The standard InChI is InChI=1S/C10H10N2OS/c11-7-8-3-4-9(14-8)10(13)12-5-1-2-6-12/h3-4H,1-2,5-6H2. The van der Waals surface area contributed by atoms with E-state index in [4.69, 9.17) is 5.26 Å². The van der Waals surface area contributed by atoms with Crippen molar-refractivity contribution in [3.63, 3.8) is 0 Å². The van der Waals surface area contributed by atoms with Crippen LogP contribution >= 0.6 is 11.3 Å². The third-order valence-electron chi connectivity index (χ3n) is 2.32. The minimum Gasteiger partial charge on any atom is -0.338 e. The Morgan fingerprint density at radius 2 is 2.14 bits per heavy atom. The summed E-state index contributed by atoms with van der Waals surface area (Å²) in [5, 5.41) is 8.63. The highest BCUT2D eigenvalue weighted by atomic mass is 32.1. The van der Waals surface area contributed by atoms with Gasteiger partial charge in [-0.25, -0.2) is 0 Å². The molecule has 4 heteroatoms. The van der Waals surface area contributed by atoms with Gasteiger partial charge in [-0.15, -0.1) is 11.3 Å². The second-order valence-electron chi connectivity index (χ2n) is 3.28. The van der Waals surface area contributed by atoms with Crippen LogP contribution in [0.4, 0.5) is 0 Å². The number of likely N-dealkylation sites (tertiary alicyclic amines) is 1. The zero-order chi connectivity index (χ0) is 9.97. The van der Waals surface area contributed by atoms with Gasteiger partial charge in [-0.1, -0.05) is 0 Å². The first-order valence-electron chi connectivity index (χ1n) is 4.60. The molecule has 2 rings (SSSR count). The average molecular weight is 206 g/mol. The van der Waals surface area contributed by atoms with Crippen molar-refractivity contribution in [1.29, 1.82) is 5.26 Å². The molecule has 0 spiro atoms. The van der Waals surface area contributed by atoms with Crippen LogP contribution in [0.1, 0.15) is 27.4 Å². The normalized spacial score (nSPS) is 15.5. The molecule has 14 heavy (non-hydrogen) atoms. The van der Waals surface area contributed by atoms with Crippen LogP contribution in [-0.2, 0) is 0 Å². The van der Waals surface area contributed by atoms with E-state index in [-0.39, 0.29) is 5.91 Å². The van der Waals surface area contributed by atoms with Crippen molar-refractivity contribution < 1.29 is 4.79 Å². The van der Waals surface area contributed by atoms with Gasteiger partial charge in [0.2, 0.25) is 0 Å². The second-order valence-corrected chi connectivity index (χ2v) is 4.36. The molecule has 1 saturated heterocycles. The molecule has 0 aromatic carbocycles. The van der Waals surface area contributed by atoms with E-state index in [0.717, 1.165) is 25.9 Å². The Balaban J connectivity index is 2.14. The van der Waals surface area contributed by atoms with Crippen LogP contribution < -0.4 is 0 Å². The monoisotopic (exact) mass is 206 g/mol. The lowest BCUT2D eigenvalue weighted by Gasteiger charge is -2.13. The van der Waals surface area contributed by atoms with Crippen molar-refractivity contribution in [2.24, 2.45) is 0 Å². The smallest absolute Gasteiger partial charge is 0.263 e. The number of amides is 1. The first-order valence-corrected chi connectivity index (χ1v) is 5.42. The van der Waals surface area contributed by atoms with Gasteiger partial charge < -0.3 is 4.90 Å². The molecular formula is C10H10N2OS. The fourth-order valence-electron chi connectivity index (χ4n) is 1.59. The minimum absolute atomic E-state index is 0.0778. The molecule has 0 saturated carbocycles. The van der Waals surface area contributed by atoms with Crippen molar-refractivity contribution in [2.75, 3.05) is 13.1 Å². The highest BCUT2D eigenvalue weighted by Gasteiger charge is 2.20. The number of hydrogen-bond acceptors (Lipinski definition) is 3. The molecule has 1 aromatic heterocycles. The molecule has 1 aromatic rings. The first kappa shape index (κ1) is 9.22. The molecule has 1 aliphatic rings. The maximum absolute atomic E-state index is 11.8. The van der Waals surface area contributed by atoms with Crippen LogP contribution in [0, 0.1) is 11.3 Å². The van der Waals surface area contributed by atoms with Crippen LogP contribution in [0.3, 0.4) is 0 Å². The molecule has 0 unspecified atom stereocenters. The van der Waals surface area contributed by atoms with E-state index < -0.39 is 0 Å². The van der Waals surface area contributed by atoms with Crippen LogP contribution in [-0.4, -0.2) is 23.9 Å². The summed E-state index contributed by atoms with van der Waals surface area (Å²) in [4.78, 5) is 14.9. The van der Waals surface area contributed by atoms with E-state index in [2.05, 4.69) is 0 Å². The number of hydrogen-bond donors (Lipinski definition) is 0. The first-order chi connectivity index (χ1) is 6.81. The number of carbonyl (C=O) groups excluding carboxylic acids is 1. The van der Waals surface area contributed by atoms with Crippen molar-refractivity contribution in [3.8, 4) is 6.07 Å². The van der Waals surface area contributed by atoms with Gasteiger partial charge in [-0.05, 0) is 25.0 Å². The highest BCUT2D eigenvalue weighted by molar-refractivity contribution is 7.14. The molecule has 0 radical (unpaired) electrons. The van der Waals surface area contributed by atoms with Gasteiger partial charge in [0, 0.05) is 13.1 Å². The quantitative estimate of drug-likeness (QED) is 0.704. The van der Waals surface area contributed by atoms with E-state index >= 15 is 0 Å². The van der Waals surface area contributed by atoms with Crippen molar-refractivity contribution in [1.82, 2.24) is 4.90 Å². The van der Waals surface area contributed by atoms with Crippen molar-refractivity contribution in [2.45, 2.75) is 12.8 Å². The van der Waals surface area contributed by atoms with Crippen LogP contribution in [0.15, 0.2) is 12.1 Å². The number of nitrogens with zero attached hydrogens (tertiary/aromatic N) is 2. The van der Waals surface area contributed by atoms with Crippen LogP contribution in [0.2, 0.25) is 0 Å². The Labute approximate surface area is 86.6 Å². The summed E-state index contributed by atoms with van der Waals surface area (Å²) in [6, 6.07) is 5.48. The number of thiophene rings is 1. The van der Waals surface area contributed by atoms with Gasteiger partial charge >= 0.3 is 0 Å². The summed E-state index contributed by atoms with van der Waals surface area (Å²) in [6.45, 7) is 1.72. The predicted octanol–water partition coefficient (Wildman–Crippen LogP) is 1.86. The Kier molecular flexibility index (Phi) is 2.51. The van der Waals surface area contributed by atoms with E-state index in [1.807, 2.05) is 11.0 Å². The SMILES string of the molecule is N#Cc1ccc(C(=O)N2CCCC2)s1. The summed E-state index contributed by atoms with van der Waals surface area (Å²) in [7, 11) is 0. The molecule has 2 heterocycles. The van der Waals surface area contributed by atoms with Crippen molar-refractivity contribution in [3.05, 3.63) is 21.9 Å². The Morgan fingerprint density at radius 3 is 2.71 bits per heavy atom. The molecule has 0 atom stereocenters. The molecule has 1 aliphatic heterocycles. The Morgan fingerprint density at radius 1 is 1.43 bits per heavy atom. The average Bonchev–Trinajstić information content (AvgIpc) is 2.88.